The molecule has 7 aliphatic rings. The molecule has 0 bridgehead atoms. The zero-order valence-corrected chi connectivity index (χ0v) is 36.6. The summed E-state index contributed by atoms with van der Waals surface area (Å²) in [5, 5.41) is 21.0. The molecule has 24 heteroatoms. The Hall–Kier alpha value is -4.06. The van der Waals surface area contributed by atoms with Crippen molar-refractivity contribution in [3.63, 3.8) is 0 Å². The summed E-state index contributed by atoms with van der Waals surface area (Å²) < 4.78 is 139. The van der Waals surface area contributed by atoms with Crippen molar-refractivity contribution in [1.82, 2.24) is 29.9 Å². The van der Waals surface area contributed by atoms with Crippen molar-refractivity contribution < 1.29 is 58.5 Å². The number of alkyl halides is 8. The number of anilines is 4. The number of aromatic nitrogens is 6. The van der Waals surface area contributed by atoms with E-state index in [1.165, 1.54) is 12.8 Å². The van der Waals surface area contributed by atoms with Crippen LogP contribution in [0.4, 0.5) is 67.7 Å². The Balaban J connectivity index is 0.000000249. The average molecular weight is 989 g/mol. The van der Waals surface area contributed by atoms with Gasteiger partial charge in [-0.1, -0.05) is 21.3 Å². The molecular weight excluding hydrogens is 927 g/mol. The number of ether oxygens (including phenoxy) is 1. The van der Waals surface area contributed by atoms with Gasteiger partial charge in [0.15, 0.2) is 23.3 Å². The van der Waals surface area contributed by atoms with E-state index in [1.54, 1.807) is 6.26 Å². The van der Waals surface area contributed by atoms with Crippen LogP contribution in [0, 0.1) is 0 Å². The maximum absolute atomic E-state index is 14.6. The standard InChI is InChI=1S/C18H22F5N5O.C18H20F5N5O.C4H8O.CH4S.2CH4/c2*19-13-11(3-1-2-4-12(13)29)14-26-15(24-9-5-17(20,21)6-9)28-16(27-14)25-10-7-18(22,23)8-10;1-2-4-5-3-1;1-2;;/h9-10,12,29H,1-8H2,(H2,24,25,26,27,28);9-10H,1-8H2,(H2,24,25,26,27,28);1-4H2;2H,1H3;2*1H4. The number of aliphatic hydroxyl groups is 1. The van der Waals surface area contributed by atoms with Crippen LogP contribution < -0.4 is 21.3 Å². The molecule has 1 unspecified atom stereocenters. The van der Waals surface area contributed by atoms with Gasteiger partial charge < -0.3 is 31.1 Å². The van der Waals surface area contributed by atoms with Gasteiger partial charge in [-0.05, 0) is 57.6 Å². The summed E-state index contributed by atoms with van der Waals surface area (Å²) in [6.07, 6.45) is 3.22. The molecule has 378 valence electrons. The number of nitrogens with zero attached hydrogens (tertiary/aromatic N) is 6. The summed E-state index contributed by atoms with van der Waals surface area (Å²) in [6, 6.07) is -2.20. The van der Waals surface area contributed by atoms with Crippen molar-refractivity contribution >= 4 is 53.4 Å². The average Bonchev–Trinajstić information content (AvgIpc) is 3.68. The summed E-state index contributed by atoms with van der Waals surface area (Å²) in [6.45, 7) is 2.00. The number of thiol groups is 1. The van der Waals surface area contributed by atoms with Crippen molar-refractivity contribution in [3.8, 4) is 0 Å². The minimum atomic E-state index is -2.76. The highest BCUT2D eigenvalue weighted by atomic mass is 32.1. The molecule has 67 heavy (non-hydrogen) atoms. The van der Waals surface area contributed by atoms with Crippen LogP contribution in [-0.4, -0.2) is 114 Å². The molecule has 4 saturated carbocycles. The highest BCUT2D eigenvalue weighted by Crippen LogP contribution is 2.42. The van der Waals surface area contributed by atoms with E-state index in [0.717, 1.165) is 13.2 Å². The minimum Gasteiger partial charge on any atom is -0.386 e. The fourth-order valence-electron chi connectivity index (χ4n) is 8.06. The maximum atomic E-state index is 14.6. The second-order valence-electron chi connectivity index (χ2n) is 17.4. The molecule has 1 atom stereocenters. The first kappa shape index (κ1) is 55.5. The lowest BCUT2D eigenvalue weighted by Crippen LogP contribution is -2.45. The highest BCUT2D eigenvalue weighted by molar-refractivity contribution is 7.79. The number of Topliss-reactive ketones (excluding diaryl/α,β-unsaturated/α-hetero) is 1. The van der Waals surface area contributed by atoms with E-state index in [9.17, 15) is 53.8 Å². The molecule has 1 saturated heterocycles. The summed E-state index contributed by atoms with van der Waals surface area (Å²) in [5.41, 5.74) is 0.153. The smallest absolute Gasteiger partial charge is 0.252 e. The predicted octanol–water partition coefficient (Wildman–Crippen LogP) is 10.6. The summed E-state index contributed by atoms with van der Waals surface area (Å²) in [4.78, 5) is 36.6. The number of rotatable bonds is 10. The van der Waals surface area contributed by atoms with Gasteiger partial charge in [-0.3, -0.25) is 4.79 Å². The van der Waals surface area contributed by atoms with Gasteiger partial charge >= 0.3 is 0 Å². The first-order valence-corrected chi connectivity index (χ1v) is 22.7. The number of halogens is 10. The van der Waals surface area contributed by atoms with E-state index in [4.69, 9.17) is 4.74 Å². The lowest BCUT2D eigenvalue weighted by atomic mass is 9.88. The Bertz CT molecular complexity index is 1920. The van der Waals surface area contributed by atoms with Crippen LogP contribution in [0.15, 0.2) is 11.7 Å². The van der Waals surface area contributed by atoms with Crippen molar-refractivity contribution in [2.24, 2.45) is 0 Å². The molecule has 0 spiro atoms. The molecule has 5 fully saturated rings. The monoisotopic (exact) mass is 988 g/mol. The Morgan fingerprint density at radius 2 is 0.851 bits per heavy atom. The second kappa shape index (κ2) is 23.5. The van der Waals surface area contributed by atoms with E-state index in [-0.39, 0.29) is 132 Å². The molecule has 0 aromatic carbocycles. The number of aliphatic hydroxyl groups excluding tert-OH is 1. The Morgan fingerprint density at radius 1 is 0.522 bits per heavy atom. The third kappa shape index (κ3) is 15.7. The van der Waals surface area contributed by atoms with Gasteiger partial charge in [0.1, 0.15) is 11.9 Å². The number of hydrogen-bond donors (Lipinski definition) is 6. The van der Waals surface area contributed by atoms with E-state index in [2.05, 4.69) is 63.8 Å². The number of nitrogens with one attached hydrogen (secondary N) is 4. The molecule has 2 aromatic heterocycles. The minimum absolute atomic E-state index is 0. The zero-order valence-electron chi connectivity index (χ0n) is 35.7. The van der Waals surface area contributed by atoms with E-state index in [0.29, 0.717) is 32.1 Å². The van der Waals surface area contributed by atoms with Gasteiger partial charge in [-0.15, -0.1) is 0 Å². The SMILES string of the molecule is C.C.C1CCOC1.CS.O=C1CCCCC(c2nc(NC3CC(F)(F)C3)nc(NC3CC(F)(F)C3)n2)=C1F.OC1CCCCC(c2nc(NC3CC(F)(F)C3)nc(NC3CC(F)(F)C3)n2)=C1F. The first-order valence-electron chi connectivity index (χ1n) is 21.8. The van der Waals surface area contributed by atoms with Crippen molar-refractivity contribution in [2.75, 3.05) is 40.7 Å². The predicted molar refractivity (Wildman–Crippen MR) is 238 cm³/mol. The molecule has 6 aliphatic carbocycles. The topological polar surface area (TPSA) is 172 Å². The third-order valence-corrected chi connectivity index (χ3v) is 11.7. The van der Waals surface area contributed by atoms with Crippen molar-refractivity contribution in [1.29, 1.82) is 0 Å². The number of carbonyl (C=O) groups is 1. The molecular formula is C43H62F10N10O3S. The molecule has 0 amide bonds. The van der Waals surface area contributed by atoms with Crippen LogP contribution in [0.1, 0.15) is 142 Å². The van der Waals surface area contributed by atoms with Gasteiger partial charge in [-0.2, -0.15) is 42.5 Å². The van der Waals surface area contributed by atoms with Gasteiger partial charge in [0.05, 0.1) is 0 Å². The van der Waals surface area contributed by atoms with Crippen molar-refractivity contribution in [2.45, 2.75) is 184 Å². The summed E-state index contributed by atoms with van der Waals surface area (Å²) in [7, 11) is 0. The van der Waals surface area contributed by atoms with E-state index in [1.807, 2.05) is 0 Å². The van der Waals surface area contributed by atoms with Gasteiger partial charge in [-0.25, -0.2) is 43.9 Å². The number of ketones is 1. The van der Waals surface area contributed by atoms with Crippen LogP contribution in [0.2, 0.25) is 0 Å². The van der Waals surface area contributed by atoms with Gasteiger partial charge in [0.2, 0.25) is 23.8 Å². The Morgan fingerprint density at radius 3 is 1.19 bits per heavy atom. The molecule has 13 nitrogen and oxygen atoms in total. The largest absolute Gasteiger partial charge is 0.386 e. The molecule has 9 rings (SSSR count). The third-order valence-electron chi connectivity index (χ3n) is 11.7. The number of carbonyl (C=O) groups excluding carboxylic acids is 1. The Kier molecular flexibility index (Phi) is 19.5. The van der Waals surface area contributed by atoms with E-state index >= 15 is 0 Å². The van der Waals surface area contributed by atoms with Crippen molar-refractivity contribution in [3.05, 3.63) is 23.3 Å². The lowest BCUT2D eigenvalue weighted by Gasteiger charge is -2.36. The second-order valence-corrected chi connectivity index (χ2v) is 17.4. The molecule has 5 N–H and O–H groups in total. The van der Waals surface area contributed by atoms with Crippen LogP contribution in [0.5, 0.6) is 0 Å². The molecule has 1 aliphatic heterocycles. The quantitative estimate of drug-likeness (QED) is 0.0982. The Labute approximate surface area is 389 Å². The van der Waals surface area contributed by atoms with Crippen LogP contribution in [0.3, 0.4) is 0 Å². The molecule has 0 radical (unpaired) electrons. The van der Waals surface area contributed by atoms with Crippen LogP contribution in [0.25, 0.3) is 11.1 Å². The summed E-state index contributed by atoms with van der Waals surface area (Å²) >= 11 is 3.53. The maximum Gasteiger partial charge on any atom is 0.252 e. The van der Waals surface area contributed by atoms with Crippen LogP contribution in [-0.2, 0) is 9.53 Å². The fourth-order valence-corrected chi connectivity index (χ4v) is 8.06. The first-order chi connectivity index (χ1) is 30.7. The number of hydrogen-bond acceptors (Lipinski definition) is 14. The normalized spacial score (nSPS) is 24.2. The molecule has 2 aromatic rings. The van der Waals surface area contributed by atoms with Gasteiger partial charge in [0, 0.05) is 106 Å². The fraction of sp³-hybridized carbons (Fsp3) is 0.744. The lowest BCUT2D eigenvalue weighted by molar-refractivity contribution is -0.116. The zero-order chi connectivity index (χ0) is 47.2. The van der Waals surface area contributed by atoms with Crippen LogP contribution >= 0.6 is 12.6 Å². The number of allylic oxidation sites excluding steroid dienone is 3. The molecule has 3 heterocycles. The van der Waals surface area contributed by atoms with Gasteiger partial charge in [0.25, 0.3) is 23.7 Å². The summed E-state index contributed by atoms with van der Waals surface area (Å²) in [5.74, 6) is -13.6. The highest BCUT2D eigenvalue weighted by Gasteiger charge is 2.48. The van der Waals surface area contributed by atoms with E-state index < -0.39 is 71.4 Å².